The quantitative estimate of drug-likeness (QED) is 0.482. The molecule has 0 spiro atoms. The van der Waals surface area contributed by atoms with Gasteiger partial charge in [0.25, 0.3) is 0 Å². The number of hydrogen-bond acceptors (Lipinski definition) is 6. The van der Waals surface area contributed by atoms with E-state index < -0.39 is 7.12 Å². The van der Waals surface area contributed by atoms with Crippen molar-refractivity contribution in [1.82, 2.24) is 20.2 Å². The fraction of sp³-hybridized carbons (Fsp3) is 0.0833. The maximum atomic E-state index is 9.03. The summed E-state index contributed by atoms with van der Waals surface area (Å²) < 4.78 is 0. The first-order valence-electron chi connectivity index (χ1n) is 6.07. The minimum absolute atomic E-state index is 0.465. The Balaban J connectivity index is 1.74. The van der Waals surface area contributed by atoms with E-state index in [-0.39, 0.29) is 0 Å². The number of hydrogen-bond donors (Lipinski definition) is 4. The Hall–Kier alpha value is -2.45. The molecule has 7 nitrogen and oxygen atoms in total. The maximum absolute atomic E-state index is 9.03. The first-order valence-corrected chi connectivity index (χ1v) is 6.07. The molecule has 0 aliphatic carbocycles. The fourth-order valence-electron chi connectivity index (χ4n) is 1.89. The summed E-state index contributed by atoms with van der Waals surface area (Å²) in [6.07, 6.45) is 3.12. The lowest BCUT2D eigenvalue weighted by atomic mass is 9.80. The van der Waals surface area contributed by atoms with E-state index in [0.717, 1.165) is 16.6 Å². The third-order valence-corrected chi connectivity index (χ3v) is 2.98. The molecule has 0 amide bonds. The zero-order valence-electron chi connectivity index (χ0n) is 10.5. The van der Waals surface area contributed by atoms with E-state index in [2.05, 4.69) is 25.5 Å². The normalized spacial score (nSPS) is 10.7. The minimum Gasteiger partial charge on any atom is -0.423 e. The summed E-state index contributed by atoms with van der Waals surface area (Å²) in [5.74, 6) is 0.679. The molecule has 1 aromatic carbocycles. The molecule has 0 saturated carbocycles. The standard InChI is InChI=1S/C12H12BN5O2/c19-13(20)9-3-1-8(2-4-9)5-14-12-11-10(6-17-18-11)15-7-16-12/h1-4,6-7,19-20H,5H2,(H,17,18)(H,14,15,16). The van der Waals surface area contributed by atoms with Crippen molar-refractivity contribution in [2.75, 3.05) is 5.32 Å². The molecular weight excluding hydrogens is 257 g/mol. The van der Waals surface area contributed by atoms with Gasteiger partial charge in [-0.05, 0) is 11.0 Å². The van der Waals surface area contributed by atoms with Crippen molar-refractivity contribution >= 4 is 29.4 Å². The van der Waals surface area contributed by atoms with Crippen molar-refractivity contribution in [2.45, 2.75) is 6.54 Å². The van der Waals surface area contributed by atoms with Gasteiger partial charge in [0.1, 0.15) is 17.4 Å². The van der Waals surface area contributed by atoms with Gasteiger partial charge >= 0.3 is 7.12 Å². The van der Waals surface area contributed by atoms with Gasteiger partial charge in [-0.15, -0.1) is 0 Å². The van der Waals surface area contributed by atoms with Crippen molar-refractivity contribution in [3.8, 4) is 0 Å². The third-order valence-electron chi connectivity index (χ3n) is 2.98. The molecule has 8 heteroatoms. The highest BCUT2D eigenvalue weighted by atomic mass is 16.4. The highest BCUT2D eigenvalue weighted by molar-refractivity contribution is 6.58. The first-order chi connectivity index (χ1) is 9.74. The average Bonchev–Trinajstić information content (AvgIpc) is 2.94. The summed E-state index contributed by atoms with van der Waals surface area (Å²) in [5.41, 5.74) is 2.98. The number of aromatic amines is 1. The second-order valence-electron chi connectivity index (χ2n) is 4.32. The van der Waals surface area contributed by atoms with Gasteiger partial charge in [-0.3, -0.25) is 5.10 Å². The zero-order valence-corrected chi connectivity index (χ0v) is 10.5. The SMILES string of the molecule is OB(O)c1ccc(CNc2ncnc3cn[nH]c23)cc1. The van der Waals surface area contributed by atoms with Gasteiger partial charge < -0.3 is 15.4 Å². The van der Waals surface area contributed by atoms with Crippen molar-refractivity contribution in [2.24, 2.45) is 0 Å². The number of aromatic nitrogens is 4. The monoisotopic (exact) mass is 269 g/mol. The summed E-state index contributed by atoms with van der Waals surface area (Å²) in [6, 6.07) is 7.00. The van der Waals surface area contributed by atoms with E-state index in [1.165, 1.54) is 6.33 Å². The Morgan fingerprint density at radius 1 is 1.15 bits per heavy atom. The van der Waals surface area contributed by atoms with Gasteiger partial charge in [0, 0.05) is 6.54 Å². The van der Waals surface area contributed by atoms with E-state index >= 15 is 0 Å². The van der Waals surface area contributed by atoms with Gasteiger partial charge in [-0.25, -0.2) is 9.97 Å². The molecule has 0 atom stereocenters. The Labute approximate surface area is 114 Å². The van der Waals surface area contributed by atoms with Gasteiger partial charge in [0.15, 0.2) is 5.82 Å². The van der Waals surface area contributed by atoms with Crippen molar-refractivity contribution in [3.63, 3.8) is 0 Å². The molecule has 20 heavy (non-hydrogen) atoms. The second kappa shape index (κ2) is 5.28. The van der Waals surface area contributed by atoms with Crippen LogP contribution in [0.15, 0.2) is 36.8 Å². The molecular formula is C12H12BN5O2. The van der Waals surface area contributed by atoms with Crippen LogP contribution >= 0.6 is 0 Å². The molecule has 0 bridgehead atoms. The summed E-state index contributed by atoms with van der Waals surface area (Å²) in [5, 5.41) is 28.0. The number of anilines is 1. The molecule has 0 saturated heterocycles. The highest BCUT2D eigenvalue weighted by Gasteiger charge is 2.10. The summed E-state index contributed by atoms with van der Waals surface area (Å²) in [4.78, 5) is 8.25. The largest absolute Gasteiger partial charge is 0.488 e. The Morgan fingerprint density at radius 3 is 2.70 bits per heavy atom. The average molecular weight is 269 g/mol. The highest BCUT2D eigenvalue weighted by Crippen LogP contribution is 2.15. The predicted octanol–water partition coefficient (Wildman–Crippen LogP) is -0.355. The predicted molar refractivity (Wildman–Crippen MR) is 75.3 cm³/mol. The van der Waals surface area contributed by atoms with E-state index in [0.29, 0.717) is 17.8 Å². The van der Waals surface area contributed by atoms with Gasteiger partial charge in [-0.2, -0.15) is 5.10 Å². The van der Waals surface area contributed by atoms with Crippen LogP contribution in [0.4, 0.5) is 5.82 Å². The van der Waals surface area contributed by atoms with E-state index in [9.17, 15) is 0 Å². The number of benzene rings is 1. The van der Waals surface area contributed by atoms with Crippen LogP contribution in [0, 0.1) is 0 Å². The Morgan fingerprint density at radius 2 is 1.95 bits per heavy atom. The number of nitrogens with one attached hydrogen (secondary N) is 2. The van der Waals surface area contributed by atoms with Crippen LogP contribution < -0.4 is 10.8 Å². The topological polar surface area (TPSA) is 107 Å². The van der Waals surface area contributed by atoms with Crippen LogP contribution in [0.3, 0.4) is 0 Å². The summed E-state index contributed by atoms with van der Waals surface area (Å²) in [7, 11) is -1.44. The number of rotatable bonds is 4. The molecule has 0 aliphatic rings. The molecule has 100 valence electrons. The molecule has 3 rings (SSSR count). The lowest BCUT2D eigenvalue weighted by Crippen LogP contribution is -2.29. The minimum atomic E-state index is -1.44. The molecule has 3 aromatic rings. The van der Waals surface area contributed by atoms with Crippen LogP contribution in [-0.2, 0) is 6.54 Å². The lowest BCUT2D eigenvalue weighted by molar-refractivity contribution is 0.426. The molecule has 0 radical (unpaired) electrons. The van der Waals surface area contributed by atoms with Crippen LogP contribution in [-0.4, -0.2) is 37.3 Å². The molecule has 0 fully saturated rings. The van der Waals surface area contributed by atoms with Gasteiger partial charge in [-0.1, -0.05) is 24.3 Å². The lowest BCUT2D eigenvalue weighted by Gasteiger charge is -2.07. The van der Waals surface area contributed by atoms with E-state index in [1.54, 1.807) is 18.3 Å². The summed E-state index contributed by atoms with van der Waals surface area (Å²) >= 11 is 0. The van der Waals surface area contributed by atoms with Crippen molar-refractivity contribution in [1.29, 1.82) is 0 Å². The van der Waals surface area contributed by atoms with Crippen molar-refractivity contribution < 1.29 is 10.0 Å². The van der Waals surface area contributed by atoms with Crippen molar-refractivity contribution in [3.05, 3.63) is 42.4 Å². The van der Waals surface area contributed by atoms with Crippen LogP contribution in [0.2, 0.25) is 0 Å². The third kappa shape index (κ3) is 2.47. The molecule has 2 heterocycles. The number of H-pyrrole nitrogens is 1. The number of nitrogens with zero attached hydrogens (tertiary/aromatic N) is 3. The van der Waals surface area contributed by atoms with Crippen LogP contribution in [0.25, 0.3) is 11.0 Å². The zero-order chi connectivity index (χ0) is 13.9. The molecule has 4 N–H and O–H groups in total. The van der Waals surface area contributed by atoms with Crippen LogP contribution in [0.1, 0.15) is 5.56 Å². The van der Waals surface area contributed by atoms with Crippen LogP contribution in [0.5, 0.6) is 0 Å². The molecule has 0 aliphatic heterocycles. The summed E-state index contributed by atoms with van der Waals surface area (Å²) in [6.45, 7) is 0.562. The van der Waals surface area contributed by atoms with E-state index in [4.69, 9.17) is 10.0 Å². The first kappa shape index (κ1) is 12.6. The van der Waals surface area contributed by atoms with Gasteiger partial charge in [0.05, 0.1) is 6.20 Å². The molecule has 0 unspecified atom stereocenters. The molecule has 2 aromatic heterocycles. The second-order valence-corrected chi connectivity index (χ2v) is 4.32. The Bertz CT molecular complexity index is 713. The number of fused-ring (bicyclic) bond motifs is 1. The fourth-order valence-corrected chi connectivity index (χ4v) is 1.89. The van der Waals surface area contributed by atoms with Gasteiger partial charge in [0.2, 0.25) is 0 Å². The Kier molecular flexibility index (Phi) is 3.32. The van der Waals surface area contributed by atoms with E-state index in [1.807, 2.05) is 12.1 Å². The maximum Gasteiger partial charge on any atom is 0.488 e. The smallest absolute Gasteiger partial charge is 0.423 e.